The Morgan fingerprint density at radius 3 is 2.78 bits per heavy atom. The molecule has 0 saturated carbocycles. The zero-order chi connectivity index (χ0) is 13.0. The Bertz CT molecular complexity index is 500. The minimum absolute atomic E-state index is 0.365. The van der Waals surface area contributed by atoms with Crippen LogP contribution >= 0.6 is 0 Å². The molecule has 0 aliphatic rings. The van der Waals surface area contributed by atoms with E-state index in [-0.39, 0.29) is 0 Å². The summed E-state index contributed by atoms with van der Waals surface area (Å²) in [6, 6.07) is 8.70. The fourth-order valence-corrected chi connectivity index (χ4v) is 2.29. The van der Waals surface area contributed by atoms with E-state index in [1.807, 2.05) is 12.1 Å². The first-order chi connectivity index (χ1) is 8.81. The number of hydrogen-bond acceptors (Lipinski definition) is 2. The highest BCUT2D eigenvalue weighted by Crippen LogP contribution is 2.29. The number of rotatable bonds is 6. The summed E-state index contributed by atoms with van der Waals surface area (Å²) in [5.41, 5.74) is 7.04. The zero-order valence-corrected chi connectivity index (χ0v) is 11.2. The molecule has 3 nitrogen and oxygen atoms in total. The maximum Gasteiger partial charge on any atom is 0.128 e. The third-order valence-electron chi connectivity index (χ3n) is 3.32. The van der Waals surface area contributed by atoms with Gasteiger partial charge in [0.05, 0.1) is 12.1 Å². The van der Waals surface area contributed by atoms with Crippen LogP contribution in [0.2, 0.25) is 0 Å². The highest BCUT2D eigenvalue weighted by atomic mass is 16.5. The van der Waals surface area contributed by atoms with Crippen molar-refractivity contribution in [3.05, 3.63) is 30.5 Å². The van der Waals surface area contributed by atoms with E-state index in [1.165, 1.54) is 10.9 Å². The Balaban J connectivity index is 2.41. The summed E-state index contributed by atoms with van der Waals surface area (Å²) < 4.78 is 8.04. The summed E-state index contributed by atoms with van der Waals surface area (Å²) in [5, 5.41) is 1.18. The quantitative estimate of drug-likeness (QED) is 0.849. The Morgan fingerprint density at radius 1 is 1.28 bits per heavy atom. The number of benzene rings is 1. The van der Waals surface area contributed by atoms with Gasteiger partial charge in [-0.2, -0.15) is 0 Å². The van der Waals surface area contributed by atoms with Crippen molar-refractivity contribution in [3.8, 4) is 5.75 Å². The second-order valence-corrected chi connectivity index (χ2v) is 4.56. The van der Waals surface area contributed by atoms with Gasteiger partial charge in [0.2, 0.25) is 0 Å². The summed E-state index contributed by atoms with van der Waals surface area (Å²) >= 11 is 0. The van der Waals surface area contributed by atoms with Crippen molar-refractivity contribution in [2.75, 3.05) is 13.2 Å². The van der Waals surface area contributed by atoms with E-state index in [9.17, 15) is 0 Å². The fraction of sp³-hybridized carbons (Fsp3) is 0.467. The summed E-state index contributed by atoms with van der Waals surface area (Å²) in [6.07, 6.45) is 4.18. The second kappa shape index (κ2) is 5.91. The molecule has 0 radical (unpaired) electrons. The fourth-order valence-electron chi connectivity index (χ4n) is 2.29. The zero-order valence-electron chi connectivity index (χ0n) is 11.2. The van der Waals surface area contributed by atoms with Crippen LogP contribution in [0.1, 0.15) is 32.7 Å². The van der Waals surface area contributed by atoms with Crippen LogP contribution in [-0.4, -0.2) is 17.7 Å². The van der Waals surface area contributed by atoms with Crippen LogP contribution < -0.4 is 10.5 Å². The third kappa shape index (κ3) is 2.36. The number of ether oxygens (including phenoxy) is 1. The minimum Gasteiger partial charge on any atom is -0.493 e. The van der Waals surface area contributed by atoms with Gasteiger partial charge in [0.15, 0.2) is 0 Å². The van der Waals surface area contributed by atoms with E-state index < -0.39 is 0 Å². The maximum atomic E-state index is 5.83. The molecule has 0 fully saturated rings. The van der Waals surface area contributed by atoms with Crippen molar-refractivity contribution in [1.82, 2.24) is 4.57 Å². The molecular weight excluding hydrogens is 224 g/mol. The Hall–Kier alpha value is -1.48. The molecular formula is C15H22N2O. The van der Waals surface area contributed by atoms with Gasteiger partial charge in [0, 0.05) is 24.2 Å². The van der Waals surface area contributed by atoms with Crippen LogP contribution in [0.3, 0.4) is 0 Å². The van der Waals surface area contributed by atoms with Crippen molar-refractivity contribution in [1.29, 1.82) is 0 Å². The molecule has 2 aromatic rings. The first kappa shape index (κ1) is 13.0. The van der Waals surface area contributed by atoms with E-state index in [0.29, 0.717) is 12.6 Å². The third-order valence-corrected chi connectivity index (χ3v) is 3.32. The molecule has 0 saturated heterocycles. The molecule has 2 rings (SSSR count). The number of nitrogens with two attached hydrogens (primary N) is 1. The minimum atomic E-state index is 0.365. The topological polar surface area (TPSA) is 40.2 Å². The molecule has 0 aliphatic carbocycles. The molecule has 0 bridgehead atoms. The van der Waals surface area contributed by atoms with Gasteiger partial charge in [-0.05, 0) is 31.0 Å². The van der Waals surface area contributed by atoms with Crippen LogP contribution in [0.15, 0.2) is 30.5 Å². The van der Waals surface area contributed by atoms with Crippen molar-refractivity contribution in [2.45, 2.75) is 32.7 Å². The molecule has 1 aromatic carbocycles. The standard InChI is InChI=1S/C15H22N2O/c1-3-10-18-15-7-5-6-14-13(15)8-9-17(14)12(4-2)11-16/h5-9,12H,3-4,10-11,16H2,1-2H3. The second-order valence-electron chi connectivity index (χ2n) is 4.56. The molecule has 1 unspecified atom stereocenters. The Kier molecular flexibility index (Phi) is 4.26. The molecule has 1 atom stereocenters. The number of aromatic nitrogens is 1. The molecule has 98 valence electrons. The van der Waals surface area contributed by atoms with Gasteiger partial charge < -0.3 is 15.0 Å². The largest absolute Gasteiger partial charge is 0.493 e. The highest BCUT2D eigenvalue weighted by molar-refractivity contribution is 5.86. The predicted molar refractivity (Wildman–Crippen MR) is 76.1 cm³/mol. The van der Waals surface area contributed by atoms with Gasteiger partial charge in [0.1, 0.15) is 5.75 Å². The number of hydrogen-bond donors (Lipinski definition) is 1. The molecule has 0 spiro atoms. The van der Waals surface area contributed by atoms with Crippen molar-refractivity contribution >= 4 is 10.9 Å². The van der Waals surface area contributed by atoms with Crippen LogP contribution in [0.4, 0.5) is 0 Å². The van der Waals surface area contributed by atoms with Crippen LogP contribution in [0.25, 0.3) is 10.9 Å². The van der Waals surface area contributed by atoms with Gasteiger partial charge >= 0.3 is 0 Å². The molecule has 0 amide bonds. The molecule has 1 aromatic heterocycles. The summed E-state index contributed by atoms with van der Waals surface area (Å²) in [6.45, 7) is 5.71. The first-order valence-corrected chi connectivity index (χ1v) is 6.74. The summed E-state index contributed by atoms with van der Waals surface area (Å²) in [4.78, 5) is 0. The van der Waals surface area contributed by atoms with Gasteiger partial charge in [-0.1, -0.05) is 19.9 Å². The van der Waals surface area contributed by atoms with E-state index >= 15 is 0 Å². The lowest BCUT2D eigenvalue weighted by atomic mass is 10.2. The lowest BCUT2D eigenvalue weighted by molar-refractivity contribution is 0.321. The Labute approximate surface area is 109 Å². The van der Waals surface area contributed by atoms with Crippen LogP contribution in [0, 0.1) is 0 Å². The molecule has 0 aliphatic heterocycles. The number of nitrogens with zero attached hydrogens (tertiary/aromatic N) is 1. The SMILES string of the molecule is CCCOc1cccc2c1ccn2C(CC)CN. The molecule has 3 heteroatoms. The van der Waals surface area contributed by atoms with E-state index in [0.717, 1.165) is 25.2 Å². The summed E-state index contributed by atoms with van der Waals surface area (Å²) in [5.74, 6) is 0.972. The average molecular weight is 246 g/mol. The normalized spacial score (nSPS) is 12.8. The molecule has 2 N–H and O–H groups in total. The van der Waals surface area contributed by atoms with Crippen molar-refractivity contribution < 1.29 is 4.74 Å². The van der Waals surface area contributed by atoms with Gasteiger partial charge in [0.25, 0.3) is 0 Å². The van der Waals surface area contributed by atoms with Crippen molar-refractivity contribution in [2.24, 2.45) is 5.73 Å². The van der Waals surface area contributed by atoms with E-state index in [4.69, 9.17) is 10.5 Å². The monoisotopic (exact) mass is 246 g/mol. The Morgan fingerprint density at radius 2 is 2.11 bits per heavy atom. The van der Waals surface area contributed by atoms with E-state index in [1.54, 1.807) is 0 Å². The molecule has 1 heterocycles. The average Bonchev–Trinajstić information content (AvgIpc) is 2.83. The van der Waals surface area contributed by atoms with Crippen LogP contribution in [0.5, 0.6) is 5.75 Å². The lowest BCUT2D eigenvalue weighted by Crippen LogP contribution is -2.17. The van der Waals surface area contributed by atoms with Gasteiger partial charge in [-0.25, -0.2) is 0 Å². The van der Waals surface area contributed by atoms with Crippen molar-refractivity contribution in [3.63, 3.8) is 0 Å². The lowest BCUT2D eigenvalue weighted by Gasteiger charge is -2.16. The van der Waals surface area contributed by atoms with E-state index in [2.05, 4.69) is 36.7 Å². The smallest absolute Gasteiger partial charge is 0.128 e. The summed E-state index contributed by atoms with van der Waals surface area (Å²) in [7, 11) is 0. The maximum absolute atomic E-state index is 5.83. The van der Waals surface area contributed by atoms with Gasteiger partial charge in [-0.3, -0.25) is 0 Å². The molecule has 18 heavy (non-hydrogen) atoms. The first-order valence-electron chi connectivity index (χ1n) is 6.74. The van der Waals surface area contributed by atoms with Crippen LogP contribution in [-0.2, 0) is 0 Å². The van der Waals surface area contributed by atoms with Gasteiger partial charge in [-0.15, -0.1) is 0 Å². The predicted octanol–water partition coefficient (Wildman–Crippen LogP) is 3.34. The highest BCUT2D eigenvalue weighted by Gasteiger charge is 2.11. The number of fused-ring (bicyclic) bond motifs is 1.